The second-order valence-electron chi connectivity index (χ2n) is 3.69. The third-order valence-electron chi connectivity index (χ3n) is 2.52. The molecule has 5 heteroatoms. The van der Waals surface area contributed by atoms with E-state index in [9.17, 15) is 9.59 Å². The lowest BCUT2D eigenvalue weighted by molar-refractivity contribution is -0.139. The van der Waals surface area contributed by atoms with Gasteiger partial charge >= 0.3 is 12.0 Å². The molecular formula is C9H16N2O3. The SMILES string of the molecule is CCNC(=O)NC1(CC(=O)O)CCC1. The molecule has 1 rings (SSSR count). The topological polar surface area (TPSA) is 78.4 Å². The number of hydrogen-bond acceptors (Lipinski definition) is 2. The number of amides is 2. The zero-order chi connectivity index (χ0) is 10.6. The summed E-state index contributed by atoms with van der Waals surface area (Å²) in [6.45, 7) is 2.37. The van der Waals surface area contributed by atoms with Crippen LogP contribution < -0.4 is 10.6 Å². The van der Waals surface area contributed by atoms with E-state index in [1.807, 2.05) is 6.92 Å². The van der Waals surface area contributed by atoms with Crippen molar-refractivity contribution in [2.45, 2.75) is 38.1 Å². The first kappa shape index (κ1) is 10.8. The van der Waals surface area contributed by atoms with Gasteiger partial charge < -0.3 is 15.7 Å². The van der Waals surface area contributed by atoms with Crippen molar-refractivity contribution in [3.05, 3.63) is 0 Å². The van der Waals surface area contributed by atoms with Crippen molar-refractivity contribution < 1.29 is 14.7 Å². The number of urea groups is 1. The minimum Gasteiger partial charge on any atom is -0.481 e. The number of carbonyl (C=O) groups is 2. The van der Waals surface area contributed by atoms with Gasteiger partial charge in [0.15, 0.2) is 0 Å². The first-order valence-corrected chi connectivity index (χ1v) is 4.86. The van der Waals surface area contributed by atoms with Crippen LogP contribution in [-0.4, -0.2) is 29.2 Å². The lowest BCUT2D eigenvalue weighted by Gasteiger charge is -2.41. The van der Waals surface area contributed by atoms with E-state index in [4.69, 9.17) is 5.11 Å². The van der Waals surface area contributed by atoms with Crippen LogP contribution in [0.1, 0.15) is 32.6 Å². The molecule has 0 aliphatic heterocycles. The molecule has 1 aliphatic carbocycles. The molecule has 0 bridgehead atoms. The number of hydrogen-bond donors (Lipinski definition) is 3. The molecule has 0 radical (unpaired) electrons. The van der Waals surface area contributed by atoms with Crippen LogP contribution in [0.4, 0.5) is 4.79 Å². The highest BCUT2D eigenvalue weighted by Crippen LogP contribution is 2.34. The quantitative estimate of drug-likeness (QED) is 0.625. The molecule has 14 heavy (non-hydrogen) atoms. The van der Waals surface area contributed by atoms with Gasteiger partial charge in [-0.25, -0.2) is 4.79 Å². The third kappa shape index (κ3) is 2.61. The Morgan fingerprint density at radius 1 is 1.43 bits per heavy atom. The summed E-state index contributed by atoms with van der Waals surface area (Å²) in [6, 6.07) is -0.270. The molecule has 0 aromatic heterocycles. The van der Waals surface area contributed by atoms with E-state index in [2.05, 4.69) is 10.6 Å². The highest BCUT2D eigenvalue weighted by Gasteiger charge is 2.40. The summed E-state index contributed by atoms with van der Waals surface area (Å²) in [5.41, 5.74) is -0.495. The van der Waals surface area contributed by atoms with Crippen LogP contribution in [0.3, 0.4) is 0 Å². The summed E-state index contributed by atoms with van der Waals surface area (Å²) in [5, 5.41) is 14.0. The second kappa shape index (κ2) is 4.30. The first-order valence-electron chi connectivity index (χ1n) is 4.86. The van der Waals surface area contributed by atoms with Gasteiger partial charge in [0, 0.05) is 6.54 Å². The van der Waals surface area contributed by atoms with Crippen LogP contribution in [0, 0.1) is 0 Å². The zero-order valence-corrected chi connectivity index (χ0v) is 8.30. The maximum Gasteiger partial charge on any atom is 0.315 e. The Kier molecular flexibility index (Phi) is 3.33. The second-order valence-corrected chi connectivity index (χ2v) is 3.69. The number of carboxylic acid groups (broad SMARTS) is 1. The van der Waals surface area contributed by atoms with Crippen molar-refractivity contribution in [3.8, 4) is 0 Å². The minimum atomic E-state index is -0.860. The van der Waals surface area contributed by atoms with Gasteiger partial charge in [0.2, 0.25) is 0 Å². The molecule has 0 heterocycles. The summed E-state index contributed by atoms with van der Waals surface area (Å²) in [4.78, 5) is 21.8. The Morgan fingerprint density at radius 3 is 2.43 bits per heavy atom. The third-order valence-corrected chi connectivity index (χ3v) is 2.52. The average Bonchev–Trinajstić information content (AvgIpc) is 1.99. The van der Waals surface area contributed by atoms with Crippen molar-refractivity contribution in [1.29, 1.82) is 0 Å². The fourth-order valence-electron chi connectivity index (χ4n) is 1.68. The van der Waals surface area contributed by atoms with E-state index in [0.717, 1.165) is 19.3 Å². The Labute approximate surface area is 82.9 Å². The van der Waals surface area contributed by atoms with Gasteiger partial charge in [-0.2, -0.15) is 0 Å². The van der Waals surface area contributed by atoms with Gasteiger partial charge in [0.05, 0.1) is 12.0 Å². The van der Waals surface area contributed by atoms with Gasteiger partial charge in [0.1, 0.15) is 0 Å². The molecule has 0 unspecified atom stereocenters. The molecule has 3 N–H and O–H groups in total. The van der Waals surface area contributed by atoms with Gasteiger partial charge in [-0.1, -0.05) is 0 Å². The molecule has 0 atom stereocenters. The van der Waals surface area contributed by atoms with E-state index in [0.29, 0.717) is 6.54 Å². The molecule has 1 fully saturated rings. The molecule has 1 aliphatic rings. The molecule has 2 amide bonds. The van der Waals surface area contributed by atoms with Crippen molar-refractivity contribution >= 4 is 12.0 Å². The molecule has 80 valence electrons. The number of aliphatic carboxylic acids is 1. The molecule has 0 spiro atoms. The van der Waals surface area contributed by atoms with Crippen LogP contribution in [-0.2, 0) is 4.79 Å². The minimum absolute atomic E-state index is 0.0180. The Bertz CT molecular complexity index is 236. The van der Waals surface area contributed by atoms with E-state index in [-0.39, 0.29) is 12.5 Å². The fourth-order valence-corrected chi connectivity index (χ4v) is 1.68. The van der Waals surface area contributed by atoms with Crippen LogP contribution in [0.5, 0.6) is 0 Å². The lowest BCUT2D eigenvalue weighted by Crippen LogP contribution is -2.57. The largest absolute Gasteiger partial charge is 0.481 e. The van der Waals surface area contributed by atoms with Crippen LogP contribution >= 0.6 is 0 Å². The molecule has 0 saturated heterocycles. The zero-order valence-electron chi connectivity index (χ0n) is 8.30. The normalized spacial score (nSPS) is 18.1. The summed E-state index contributed by atoms with van der Waals surface area (Å²) in [7, 11) is 0. The summed E-state index contributed by atoms with van der Waals surface area (Å²) >= 11 is 0. The number of rotatable bonds is 4. The molecular weight excluding hydrogens is 184 g/mol. The highest BCUT2D eigenvalue weighted by molar-refractivity contribution is 5.77. The van der Waals surface area contributed by atoms with Crippen molar-refractivity contribution in [2.24, 2.45) is 0 Å². The van der Waals surface area contributed by atoms with Crippen molar-refractivity contribution in [2.75, 3.05) is 6.54 Å². The number of carboxylic acids is 1. The summed E-state index contributed by atoms with van der Waals surface area (Å²) in [5.74, 6) is -0.860. The van der Waals surface area contributed by atoms with Crippen LogP contribution in [0.25, 0.3) is 0 Å². The van der Waals surface area contributed by atoms with E-state index >= 15 is 0 Å². The van der Waals surface area contributed by atoms with Crippen molar-refractivity contribution in [1.82, 2.24) is 10.6 Å². The van der Waals surface area contributed by atoms with Gasteiger partial charge in [0.25, 0.3) is 0 Å². The number of nitrogens with one attached hydrogen (secondary N) is 2. The predicted molar refractivity (Wildman–Crippen MR) is 51.0 cm³/mol. The van der Waals surface area contributed by atoms with Crippen LogP contribution in [0.2, 0.25) is 0 Å². The van der Waals surface area contributed by atoms with Gasteiger partial charge in [-0.15, -0.1) is 0 Å². The Morgan fingerprint density at radius 2 is 2.07 bits per heavy atom. The smallest absolute Gasteiger partial charge is 0.315 e. The first-order chi connectivity index (χ1) is 6.58. The molecule has 0 aromatic carbocycles. The Balaban J connectivity index is 2.45. The fraction of sp³-hybridized carbons (Fsp3) is 0.778. The van der Waals surface area contributed by atoms with Crippen LogP contribution in [0.15, 0.2) is 0 Å². The summed E-state index contributed by atoms with van der Waals surface area (Å²) < 4.78 is 0. The monoisotopic (exact) mass is 200 g/mol. The average molecular weight is 200 g/mol. The highest BCUT2D eigenvalue weighted by atomic mass is 16.4. The standard InChI is InChI=1S/C9H16N2O3/c1-2-10-8(14)11-9(4-3-5-9)6-7(12)13/h2-6H2,1H3,(H,12,13)(H2,10,11,14). The summed E-state index contributed by atoms with van der Waals surface area (Å²) in [6.07, 6.45) is 2.52. The maximum absolute atomic E-state index is 11.2. The predicted octanol–water partition coefficient (Wildman–Crippen LogP) is 0.703. The van der Waals surface area contributed by atoms with Gasteiger partial charge in [-0.05, 0) is 26.2 Å². The van der Waals surface area contributed by atoms with Gasteiger partial charge in [-0.3, -0.25) is 4.79 Å². The molecule has 5 nitrogen and oxygen atoms in total. The van der Waals surface area contributed by atoms with E-state index < -0.39 is 11.5 Å². The van der Waals surface area contributed by atoms with E-state index in [1.165, 1.54) is 0 Å². The van der Waals surface area contributed by atoms with E-state index in [1.54, 1.807) is 0 Å². The lowest BCUT2D eigenvalue weighted by atomic mass is 9.74. The Hall–Kier alpha value is -1.26. The maximum atomic E-state index is 11.2. The number of carbonyl (C=O) groups excluding carboxylic acids is 1. The molecule has 0 aromatic rings. The van der Waals surface area contributed by atoms with Crippen molar-refractivity contribution in [3.63, 3.8) is 0 Å². The molecule has 1 saturated carbocycles.